The van der Waals surface area contributed by atoms with E-state index in [0.29, 0.717) is 38.5 Å². The Morgan fingerprint density at radius 3 is 1.14 bits per heavy atom. The lowest BCUT2D eigenvalue weighted by atomic mass is 10.00. The van der Waals surface area contributed by atoms with Crippen LogP contribution in [0.15, 0.2) is 0 Å². The molecule has 1 N–H and O–H groups in total. The summed E-state index contributed by atoms with van der Waals surface area (Å²) in [5, 5.41) is 9.39. The predicted octanol–water partition coefficient (Wildman–Crippen LogP) is 6.68. The summed E-state index contributed by atoms with van der Waals surface area (Å²) in [6, 6.07) is -0.329. The molecule has 8 nitrogen and oxygen atoms in total. The van der Waals surface area contributed by atoms with Gasteiger partial charge in [0.2, 0.25) is 0 Å². The maximum absolute atomic E-state index is 13.2. The van der Waals surface area contributed by atoms with Crippen molar-refractivity contribution in [3.63, 3.8) is 0 Å². The molecule has 210 valence electrons. The standard InChI is InChI=1S/C27H50O8Si/c1-7-13-16-21(10-4)25(30)33-36(20-19-24(28)29,34-26(31)22(11-5)17-14-8-2)35-27(32)23(12-6)18-15-9-3/h21-23H,7-20H2,1-6H3,(H,28,29). The SMILES string of the molecule is CCCCC(CC)C(=O)O[Si](CCC(=O)O)(OC(=O)C(CC)CCCC)OC(=O)C(CC)CCCC. The molecule has 0 radical (unpaired) electrons. The molecule has 0 aromatic rings. The Bertz CT molecular complexity index is 592. The van der Waals surface area contributed by atoms with E-state index in [1.54, 1.807) is 0 Å². The lowest BCUT2D eigenvalue weighted by molar-refractivity contribution is -0.157. The van der Waals surface area contributed by atoms with Gasteiger partial charge in [0.1, 0.15) is 0 Å². The molecule has 0 aliphatic rings. The highest BCUT2D eigenvalue weighted by Crippen LogP contribution is 2.28. The Morgan fingerprint density at radius 2 is 0.917 bits per heavy atom. The Morgan fingerprint density at radius 1 is 0.611 bits per heavy atom. The Balaban J connectivity index is 6.24. The maximum atomic E-state index is 13.2. The predicted molar refractivity (Wildman–Crippen MR) is 141 cm³/mol. The molecule has 0 aliphatic heterocycles. The zero-order valence-corrected chi connectivity index (χ0v) is 24.4. The first kappa shape index (κ1) is 34.1. The average Bonchev–Trinajstić information content (AvgIpc) is 2.84. The van der Waals surface area contributed by atoms with Gasteiger partial charge in [0, 0.05) is 0 Å². The number of carboxylic acid groups (broad SMARTS) is 1. The van der Waals surface area contributed by atoms with E-state index in [1.807, 2.05) is 41.5 Å². The van der Waals surface area contributed by atoms with Gasteiger partial charge in [-0.05, 0) is 38.5 Å². The van der Waals surface area contributed by atoms with E-state index in [-0.39, 0.29) is 6.04 Å². The van der Waals surface area contributed by atoms with E-state index in [0.717, 1.165) is 38.5 Å². The second-order valence-electron chi connectivity index (χ2n) is 9.58. The van der Waals surface area contributed by atoms with Crippen molar-refractivity contribution in [3.05, 3.63) is 0 Å². The van der Waals surface area contributed by atoms with Gasteiger partial charge in [0.05, 0.1) is 30.2 Å². The molecule has 9 heteroatoms. The van der Waals surface area contributed by atoms with Gasteiger partial charge in [-0.25, -0.2) is 0 Å². The van der Waals surface area contributed by atoms with Crippen molar-refractivity contribution in [3.8, 4) is 0 Å². The number of carboxylic acids is 1. The molecule has 0 heterocycles. The van der Waals surface area contributed by atoms with E-state index in [9.17, 15) is 24.3 Å². The first-order valence-electron chi connectivity index (χ1n) is 14.0. The van der Waals surface area contributed by atoms with Crippen LogP contribution in [0.3, 0.4) is 0 Å². The molecule has 3 atom stereocenters. The molecule has 0 saturated heterocycles. The summed E-state index contributed by atoms with van der Waals surface area (Å²) in [7, 11) is -4.33. The number of aliphatic carboxylic acids is 1. The quantitative estimate of drug-likeness (QED) is 0.163. The van der Waals surface area contributed by atoms with Gasteiger partial charge in [0.25, 0.3) is 17.9 Å². The van der Waals surface area contributed by atoms with Crippen LogP contribution in [-0.2, 0) is 32.5 Å². The van der Waals surface area contributed by atoms with Crippen LogP contribution in [-0.4, -0.2) is 37.8 Å². The molecule has 0 fully saturated rings. The second kappa shape index (κ2) is 19.2. The van der Waals surface area contributed by atoms with E-state index < -0.39 is 56.9 Å². The third-order valence-electron chi connectivity index (χ3n) is 6.61. The Hall–Kier alpha value is -1.90. The van der Waals surface area contributed by atoms with Gasteiger partial charge in [-0.15, -0.1) is 0 Å². The van der Waals surface area contributed by atoms with Crippen LogP contribution < -0.4 is 0 Å². The van der Waals surface area contributed by atoms with Crippen LogP contribution in [0.4, 0.5) is 0 Å². The minimum absolute atomic E-state index is 0.329. The number of hydrogen-bond acceptors (Lipinski definition) is 7. The number of rotatable bonds is 21. The van der Waals surface area contributed by atoms with Gasteiger partial charge in [-0.1, -0.05) is 80.1 Å². The van der Waals surface area contributed by atoms with Crippen molar-refractivity contribution < 1.29 is 37.6 Å². The van der Waals surface area contributed by atoms with E-state index in [4.69, 9.17) is 13.3 Å². The Kier molecular flexibility index (Phi) is 18.2. The summed E-state index contributed by atoms with van der Waals surface area (Å²) in [6.07, 6.45) is 8.08. The summed E-state index contributed by atoms with van der Waals surface area (Å²) in [6.45, 7) is 11.7. The van der Waals surface area contributed by atoms with E-state index in [1.165, 1.54) is 0 Å². The number of carbonyl (C=O) groups is 4. The van der Waals surface area contributed by atoms with Crippen LogP contribution in [0.25, 0.3) is 0 Å². The molecule has 0 amide bonds. The normalized spacial score (nSPS) is 15.3. The molecule has 0 aromatic heterocycles. The minimum atomic E-state index is -4.33. The largest absolute Gasteiger partial charge is 0.705 e. The molecule has 3 unspecified atom stereocenters. The van der Waals surface area contributed by atoms with Crippen LogP contribution in [0.5, 0.6) is 0 Å². The molecule has 0 saturated carbocycles. The summed E-state index contributed by atoms with van der Waals surface area (Å²) in [5.74, 6) is -4.25. The molecular formula is C27H50O8Si. The Labute approximate surface area is 219 Å². The molecular weight excluding hydrogens is 480 g/mol. The van der Waals surface area contributed by atoms with E-state index >= 15 is 0 Å². The van der Waals surface area contributed by atoms with Crippen molar-refractivity contribution in [2.45, 2.75) is 131 Å². The van der Waals surface area contributed by atoms with Crippen LogP contribution >= 0.6 is 0 Å². The van der Waals surface area contributed by atoms with Gasteiger partial charge in [-0.2, -0.15) is 0 Å². The van der Waals surface area contributed by atoms with Gasteiger partial charge >= 0.3 is 14.8 Å². The number of unbranched alkanes of at least 4 members (excludes halogenated alkanes) is 3. The number of hydrogen-bond donors (Lipinski definition) is 1. The van der Waals surface area contributed by atoms with Crippen LogP contribution in [0.1, 0.15) is 125 Å². The minimum Gasteiger partial charge on any atom is -0.481 e. The molecule has 0 bridgehead atoms. The lowest BCUT2D eigenvalue weighted by Gasteiger charge is -2.31. The summed E-state index contributed by atoms with van der Waals surface area (Å²) < 4.78 is 17.5. The fourth-order valence-electron chi connectivity index (χ4n) is 4.00. The second-order valence-corrected chi connectivity index (χ2v) is 12.1. The van der Waals surface area contributed by atoms with Crippen molar-refractivity contribution >= 4 is 32.7 Å². The summed E-state index contributed by atoms with van der Waals surface area (Å²) in [5.41, 5.74) is 0. The smallest absolute Gasteiger partial charge is 0.481 e. The molecule has 0 aliphatic carbocycles. The molecule has 0 aromatic carbocycles. The van der Waals surface area contributed by atoms with Gasteiger partial charge in [0.15, 0.2) is 0 Å². The van der Waals surface area contributed by atoms with Gasteiger partial charge in [-0.3, -0.25) is 19.2 Å². The van der Waals surface area contributed by atoms with Crippen LogP contribution in [0.2, 0.25) is 6.04 Å². The highest BCUT2D eigenvalue weighted by atomic mass is 28.4. The van der Waals surface area contributed by atoms with Crippen LogP contribution in [0, 0.1) is 17.8 Å². The summed E-state index contributed by atoms with van der Waals surface area (Å²) in [4.78, 5) is 51.1. The van der Waals surface area contributed by atoms with Gasteiger partial charge < -0.3 is 18.4 Å². The van der Waals surface area contributed by atoms with Crippen molar-refractivity contribution in [2.24, 2.45) is 17.8 Å². The average molecular weight is 531 g/mol. The van der Waals surface area contributed by atoms with Crippen molar-refractivity contribution in [1.29, 1.82) is 0 Å². The maximum Gasteiger partial charge on any atom is 0.705 e. The lowest BCUT2D eigenvalue weighted by Crippen LogP contribution is -2.53. The van der Waals surface area contributed by atoms with Crippen molar-refractivity contribution in [2.75, 3.05) is 0 Å². The third kappa shape index (κ3) is 12.9. The molecule has 36 heavy (non-hydrogen) atoms. The third-order valence-corrected chi connectivity index (χ3v) is 9.01. The van der Waals surface area contributed by atoms with E-state index in [2.05, 4.69) is 0 Å². The monoisotopic (exact) mass is 530 g/mol. The highest BCUT2D eigenvalue weighted by Gasteiger charge is 2.55. The molecule has 0 rings (SSSR count). The van der Waals surface area contributed by atoms with Crippen molar-refractivity contribution in [1.82, 2.24) is 0 Å². The zero-order chi connectivity index (χ0) is 27.6. The first-order valence-corrected chi connectivity index (χ1v) is 16.0. The first-order chi connectivity index (χ1) is 17.1. The highest BCUT2D eigenvalue weighted by molar-refractivity contribution is 6.66. The fourth-order valence-corrected chi connectivity index (χ4v) is 6.37. The molecule has 0 spiro atoms. The number of carbonyl (C=O) groups excluding carboxylic acids is 3. The summed E-state index contributed by atoms with van der Waals surface area (Å²) >= 11 is 0. The zero-order valence-electron chi connectivity index (χ0n) is 23.4. The topological polar surface area (TPSA) is 116 Å². The fraction of sp³-hybridized carbons (Fsp3) is 0.852.